The van der Waals surface area contributed by atoms with Gasteiger partial charge in [-0.05, 0) is 49.2 Å². The molecule has 2 aromatic rings. The molecule has 2 aromatic carbocycles. The van der Waals surface area contributed by atoms with Gasteiger partial charge in [0.05, 0.1) is 6.54 Å². The van der Waals surface area contributed by atoms with E-state index in [0.717, 1.165) is 16.8 Å². The zero-order chi connectivity index (χ0) is 19.4. The minimum atomic E-state index is -0.414. The van der Waals surface area contributed by atoms with Crippen molar-refractivity contribution in [3.05, 3.63) is 65.0 Å². The molecule has 1 N–H and O–H groups in total. The van der Waals surface area contributed by atoms with Gasteiger partial charge in [0.25, 0.3) is 5.91 Å². The number of benzene rings is 2. The lowest BCUT2D eigenvalue weighted by Gasteiger charge is -2.34. The predicted octanol–water partition coefficient (Wildman–Crippen LogP) is 2.84. The number of nitrogens with one attached hydrogen (secondary N) is 1. The van der Waals surface area contributed by atoms with Crippen LogP contribution < -0.4 is 5.32 Å². The number of hydrogen-bond acceptors (Lipinski definition) is 3. The summed E-state index contributed by atoms with van der Waals surface area (Å²) >= 11 is 0. The highest BCUT2D eigenvalue weighted by Gasteiger charge is 2.23. The Morgan fingerprint density at radius 3 is 2.44 bits per heavy atom. The summed E-state index contributed by atoms with van der Waals surface area (Å²) in [6.07, 6.45) is 0. The molecule has 0 bridgehead atoms. The molecule has 0 radical (unpaired) electrons. The lowest BCUT2D eigenvalue weighted by Crippen LogP contribution is -2.50. The van der Waals surface area contributed by atoms with E-state index in [9.17, 15) is 14.0 Å². The Kier molecular flexibility index (Phi) is 5.86. The molecule has 1 aliphatic heterocycles. The molecular formula is C21H24FN3O2. The quantitative estimate of drug-likeness (QED) is 0.902. The number of amides is 2. The predicted molar refractivity (Wildman–Crippen MR) is 103 cm³/mol. The van der Waals surface area contributed by atoms with Crippen LogP contribution in [-0.2, 0) is 4.79 Å². The molecule has 6 heteroatoms. The molecule has 3 rings (SSSR count). The van der Waals surface area contributed by atoms with Crippen LogP contribution in [0, 0.1) is 19.7 Å². The second kappa shape index (κ2) is 8.31. The minimum Gasteiger partial charge on any atom is -0.336 e. The van der Waals surface area contributed by atoms with Gasteiger partial charge in [0, 0.05) is 37.4 Å². The molecule has 1 heterocycles. The number of rotatable bonds is 4. The van der Waals surface area contributed by atoms with Crippen molar-refractivity contribution >= 4 is 17.5 Å². The Hall–Kier alpha value is -2.73. The van der Waals surface area contributed by atoms with E-state index in [1.54, 1.807) is 11.0 Å². The molecule has 0 aromatic heterocycles. The Bertz CT molecular complexity index is 845. The number of halogens is 1. The summed E-state index contributed by atoms with van der Waals surface area (Å²) in [7, 11) is 0. The molecule has 0 unspecified atom stereocenters. The maximum Gasteiger partial charge on any atom is 0.254 e. The van der Waals surface area contributed by atoms with E-state index >= 15 is 0 Å². The monoisotopic (exact) mass is 369 g/mol. The third-order valence-electron chi connectivity index (χ3n) is 4.98. The van der Waals surface area contributed by atoms with Gasteiger partial charge in [0.1, 0.15) is 5.82 Å². The van der Waals surface area contributed by atoms with E-state index in [2.05, 4.69) is 5.32 Å². The first-order chi connectivity index (χ1) is 12.9. The van der Waals surface area contributed by atoms with Crippen molar-refractivity contribution in [1.29, 1.82) is 0 Å². The van der Waals surface area contributed by atoms with Crippen LogP contribution in [0.4, 0.5) is 10.1 Å². The Morgan fingerprint density at radius 1 is 1.04 bits per heavy atom. The molecule has 0 saturated carbocycles. The summed E-state index contributed by atoms with van der Waals surface area (Å²) in [5.41, 5.74) is 3.39. The van der Waals surface area contributed by atoms with E-state index < -0.39 is 5.82 Å². The van der Waals surface area contributed by atoms with Crippen molar-refractivity contribution in [2.24, 2.45) is 0 Å². The van der Waals surface area contributed by atoms with Crippen LogP contribution in [0.1, 0.15) is 21.5 Å². The molecule has 5 nitrogen and oxygen atoms in total. The first-order valence-electron chi connectivity index (χ1n) is 9.07. The molecule has 142 valence electrons. The van der Waals surface area contributed by atoms with Crippen molar-refractivity contribution in [1.82, 2.24) is 9.80 Å². The van der Waals surface area contributed by atoms with E-state index in [1.165, 1.54) is 18.2 Å². The van der Waals surface area contributed by atoms with Gasteiger partial charge >= 0.3 is 0 Å². The van der Waals surface area contributed by atoms with E-state index in [4.69, 9.17) is 0 Å². The van der Waals surface area contributed by atoms with Gasteiger partial charge in [-0.3, -0.25) is 14.5 Å². The fourth-order valence-electron chi connectivity index (χ4n) is 3.19. The molecule has 0 spiro atoms. The van der Waals surface area contributed by atoms with Crippen LogP contribution in [0.5, 0.6) is 0 Å². The fraction of sp³-hybridized carbons (Fsp3) is 0.333. The van der Waals surface area contributed by atoms with Gasteiger partial charge in [0.2, 0.25) is 5.91 Å². The number of anilines is 1. The summed E-state index contributed by atoms with van der Waals surface area (Å²) < 4.78 is 13.3. The van der Waals surface area contributed by atoms with E-state index in [0.29, 0.717) is 31.7 Å². The van der Waals surface area contributed by atoms with Gasteiger partial charge in [-0.15, -0.1) is 0 Å². The van der Waals surface area contributed by atoms with Crippen LogP contribution in [0.3, 0.4) is 0 Å². The highest BCUT2D eigenvalue weighted by Crippen LogP contribution is 2.18. The summed E-state index contributed by atoms with van der Waals surface area (Å²) in [4.78, 5) is 28.5. The van der Waals surface area contributed by atoms with Gasteiger partial charge in [-0.25, -0.2) is 4.39 Å². The maximum absolute atomic E-state index is 13.3. The minimum absolute atomic E-state index is 0.0615. The van der Waals surface area contributed by atoms with Crippen molar-refractivity contribution < 1.29 is 14.0 Å². The van der Waals surface area contributed by atoms with Crippen LogP contribution >= 0.6 is 0 Å². The normalized spacial score (nSPS) is 14.9. The van der Waals surface area contributed by atoms with Crippen molar-refractivity contribution in [3.8, 4) is 0 Å². The van der Waals surface area contributed by atoms with Crippen LogP contribution in [-0.4, -0.2) is 54.3 Å². The summed E-state index contributed by atoms with van der Waals surface area (Å²) in [6, 6.07) is 11.6. The van der Waals surface area contributed by atoms with Gasteiger partial charge < -0.3 is 10.2 Å². The first kappa shape index (κ1) is 19.0. The largest absolute Gasteiger partial charge is 0.336 e. The number of piperazine rings is 1. The SMILES string of the molecule is Cc1cccc(NC(=O)CN2CCN(C(=O)c3cccc(F)c3)CC2)c1C. The molecule has 2 amide bonds. The number of carbonyl (C=O) groups excluding carboxylic acids is 2. The standard InChI is InChI=1S/C21H24FN3O2/c1-15-5-3-8-19(16(15)2)23-20(26)14-24-9-11-25(12-10-24)21(27)17-6-4-7-18(22)13-17/h3-8,13H,9-12,14H2,1-2H3,(H,23,26). The van der Waals surface area contributed by atoms with Crippen molar-refractivity contribution in [2.45, 2.75) is 13.8 Å². The lowest BCUT2D eigenvalue weighted by molar-refractivity contribution is -0.117. The second-order valence-electron chi connectivity index (χ2n) is 6.87. The maximum atomic E-state index is 13.3. The van der Waals surface area contributed by atoms with Crippen LogP contribution in [0.15, 0.2) is 42.5 Å². The van der Waals surface area contributed by atoms with E-state index in [-0.39, 0.29) is 18.4 Å². The van der Waals surface area contributed by atoms with E-state index in [1.807, 2.05) is 36.9 Å². The van der Waals surface area contributed by atoms with Crippen LogP contribution in [0.2, 0.25) is 0 Å². The highest BCUT2D eigenvalue weighted by atomic mass is 19.1. The molecule has 1 saturated heterocycles. The van der Waals surface area contributed by atoms with Crippen molar-refractivity contribution in [2.75, 3.05) is 38.0 Å². The highest BCUT2D eigenvalue weighted by molar-refractivity contribution is 5.94. The molecule has 0 aliphatic carbocycles. The second-order valence-corrected chi connectivity index (χ2v) is 6.87. The summed E-state index contributed by atoms with van der Waals surface area (Å²) in [6.45, 7) is 6.55. The average Bonchev–Trinajstić information content (AvgIpc) is 2.65. The Labute approximate surface area is 158 Å². The number of aryl methyl sites for hydroxylation is 1. The first-order valence-corrected chi connectivity index (χ1v) is 9.07. The lowest BCUT2D eigenvalue weighted by atomic mass is 10.1. The van der Waals surface area contributed by atoms with Gasteiger partial charge in [-0.2, -0.15) is 0 Å². The smallest absolute Gasteiger partial charge is 0.254 e. The number of nitrogens with zero attached hydrogens (tertiary/aromatic N) is 2. The van der Waals surface area contributed by atoms with Gasteiger partial charge in [0.15, 0.2) is 0 Å². The summed E-state index contributed by atoms with van der Waals surface area (Å²) in [5, 5.41) is 2.96. The molecular weight excluding hydrogens is 345 g/mol. The van der Waals surface area contributed by atoms with Crippen LogP contribution in [0.25, 0.3) is 0 Å². The zero-order valence-electron chi connectivity index (χ0n) is 15.7. The number of carbonyl (C=O) groups is 2. The fourth-order valence-corrected chi connectivity index (χ4v) is 3.19. The topological polar surface area (TPSA) is 52.7 Å². The Balaban J connectivity index is 1.51. The third kappa shape index (κ3) is 4.71. The van der Waals surface area contributed by atoms with Gasteiger partial charge in [-0.1, -0.05) is 18.2 Å². The molecule has 1 fully saturated rings. The molecule has 0 atom stereocenters. The Morgan fingerprint density at radius 2 is 1.74 bits per heavy atom. The molecule has 1 aliphatic rings. The average molecular weight is 369 g/mol. The number of hydrogen-bond donors (Lipinski definition) is 1. The third-order valence-corrected chi connectivity index (χ3v) is 4.98. The molecule has 27 heavy (non-hydrogen) atoms. The summed E-state index contributed by atoms with van der Waals surface area (Å²) in [5.74, 6) is -0.648. The van der Waals surface area contributed by atoms with Crippen molar-refractivity contribution in [3.63, 3.8) is 0 Å². The zero-order valence-corrected chi connectivity index (χ0v) is 15.7.